The molecule has 0 radical (unpaired) electrons. The second-order valence-electron chi connectivity index (χ2n) is 3.29. The summed E-state index contributed by atoms with van der Waals surface area (Å²) in [6, 6.07) is 5.81. The van der Waals surface area contributed by atoms with Gasteiger partial charge in [0.25, 0.3) is 0 Å². The number of hydrogen-bond acceptors (Lipinski definition) is 1. The molecule has 1 aromatic rings. The average Bonchev–Trinajstić information content (AvgIpc) is 2.13. The van der Waals surface area contributed by atoms with E-state index in [9.17, 15) is 5.11 Å². The van der Waals surface area contributed by atoms with E-state index in [0.717, 1.165) is 22.6 Å². The van der Waals surface area contributed by atoms with Crippen LogP contribution in [0, 0.1) is 6.92 Å². The van der Waals surface area contributed by atoms with Crippen molar-refractivity contribution in [3.05, 3.63) is 34.3 Å². The van der Waals surface area contributed by atoms with Crippen molar-refractivity contribution in [3.8, 4) is 0 Å². The van der Waals surface area contributed by atoms with Crippen molar-refractivity contribution in [2.45, 2.75) is 32.8 Å². The van der Waals surface area contributed by atoms with Crippen molar-refractivity contribution < 1.29 is 5.11 Å². The molecule has 1 aromatic carbocycles. The molecule has 1 nitrogen and oxygen atoms in total. The van der Waals surface area contributed by atoms with E-state index in [-0.39, 0.29) is 6.10 Å². The van der Waals surface area contributed by atoms with Crippen molar-refractivity contribution >= 4 is 11.6 Å². The number of aliphatic hydroxyl groups excluding tert-OH is 1. The van der Waals surface area contributed by atoms with Crippen LogP contribution in [-0.2, 0) is 6.42 Å². The molecule has 2 heteroatoms. The Kier molecular flexibility index (Phi) is 3.76. The zero-order chi connectivity index (χ0) is 9.84. The lowest BCUT2D eigenvalue weighted by molar-refractivity contribution is 0.170. The summed E-state index contributed by atoms with van der Waals surface area (Å²) < 4.78 is 0. The van der Waals surface area contributed by atoms with Gasteiger partial charge in [0, 0.05) is 5.02 Å². The van der Waals surface area contributed by atoms with Crippen LogP contribution in [0.4, 0.5) is 0 Å². The summed E-state index contributed by atoms with van der Waals surface area (Å²) >= 11 is 5.96. The summed E-state index contributed by atoms with van der Waals surface area (Å²) in [5, 5.41) is 10.3. The van der Waals surface area contributed by atoms with E-state index in [2.05, 4.69) is 0 Å². The molecule has 1 N–H and O–H groups in total. The third-order valence-corrected chi connectivity index (χ3v) is 2.72. The second kappa shape index (κ2) is 4.64. The number of rotatable bonds is 3. The first kappa shape index (κ1) is 10.6. The van der Waals surface area contributed by atoms with Crippen LogP contribution in [0.5, 0.6) is 0 Å². The van der Waals surface area contributed by atoms with E-state index in [0.29, 0.717) is 6.42 Å². The summed E-state index contributed by atoms with van der Waals surface area (Å²) in [7, 11) is 0. The van der Waals surface area contributed by atoms with Crippen molar-refractivity contribution in [2.24, 2.45) is 0 Å². The van der Waals surface area contributed by atoms with E-state index in [1.807, 2.05) is 32.0 Å². The lowest BCUT2D eigenvalue weighted by Gasteiger charge is -2.10. The molecule has 1 unspecified atom stereocenters. The highest BCUT2D eigenvalue weighted by Gasteiger charge is 2.06. The average molecular weight is 199 g/mol. The first-order valence-electron chi connectivity index (χ1n) is 4.57. The van der Waals surface area contributed by atoms with Crippen LogP contribution in [0.1, 0.15) is 24.5 Å². The van der Waals surface area contributed by atoms with Gasteiger partial charge in [-0.1, -0.05) is 30.7 Å². The molecule has 0 bridgehead atoms. The van der Waals surface area contributed by atoms with Gasteiger partial charge in [0.15, 0.2) is 0 Å². The van der Waals surface area contributed by atoms with Gasteiger partial charge in [0.05, 0.1) is 6.10 Å². The Bertz CT molecular complexity index is 283. The molecule has 72 valence electrons. The lowest BCUT2D eigenvalue weighted by atomic mass is 10.0. The van der Waals surface area contributed by atoms with Crippen molar-refractivity contribution in [3.63, 3.8) is 0 Å². The third-order valence-electron chi connectivity index (χ3n) is 2.31. The van der Waals surface area contributed by atoms with Crippen LogP contribution in [0.3, 0.4) is 0 Å². The highest BCUT2D eigenvalue weighted by Crippen LogP contribution is 2.20. The molecule has 1 atom stereocenters. The van der Waals surface area contributed by atoms with Gasteiger partial charge in [-0.2, -0.15) is 0 Å². The maximum Gasteiger partial charge on any atom is 0.0578 e. The summed E-state index contributed by atoms with van der Waals surface area (Å²) in [5.41, 5.74) is 2.22. The van der Waals surface area contributed by atoms with Gasteiger partial charge in [-0.25, -0.2) is 0 Å². The SMILES string of the molecule is CCC(O)Cc1cccc(Cl)c1C. The Morgan fingerprint density at radius 1 is 1.46 bits per heavy atom. The van der Waals surface area contributed by atoms with Gasteiger partial charge < -0.3 is 5.11 Å². The molecule has 0 aromatic heterocycles. The van der Waals surface area contributed by atoms with Crippen LogP contribution in [-0.4, -0.2) is 11.2 Å². The van der Waals surface area contributed by atoms with E-state index in [1.165, 1.54) is 0 Å². The van der Waals surface area contributed by atoms with Crippen molar-refractivity contribution in [2.75, 3.05) is 0 Å². The molecule has 0 saturated carbocycles. The molecule has 0 heterocycles. The minimum atomic E-state index is -0.253. The van der Waals surface area contributed by atoms with Gasteiger partial charge in [-0.15, -0.1) is 0 Å². The molecular formula is C11H15ClO. The predicted octanol–water partition coefficient (Wildman–Crippen LogP) is 2.96. The Balaban J connectivity index is 2.83. The third kappa shape index (κ3) is 2.71. The summed E-state index contributed by atoms with van der Waals surface area (Å²) in [6.45, 7) is 3.96. The molecule has 0 spiro atoms. The highest BCUT2D eigenvalue weighted by atomic mass is 35.5. The van der Waals surface area contributed by atoms with Gasteiger partial charge in [-0.05, 0) is 37.0 Å². The van der Waals surface area contributed by atoms with E-state index in [1.54, 1.807) is 0 Å². The van der Waals surface area contributed by atoms with Crippen LogP contribution < -0.4 is 0 Å². The Hall–Kier alpha value is -0.530. The summed E-state index contributed by atoms with van der Waals surface area (Å²) in [5.74, 6) is 0. The largest absolute Gasteiger partial charge is 0.393 e. The smallest absolute Gasteiger partial charge is 0.0578 e. The number of halogens is 1. The van der Waals surface area contributed by atoms with Gasteiger partial charge in [-0.3, -0.25) is 0 Å². The molecule has 0 amide bonds. The summed E-state index contributed by atoms with van der Waals surface area (Å²) in [6.07, 6.45) is 1.23. The fourth-order valence-electron chi connectivity index (χ4n) is 1.27. The normalized spacial score (nSPS) is 12.9. The van der Waals surface area contributed by atoms with Gasteiger partial charge in [0.1, 0.15) is 0 Å². The van der Waals surface area contributed by atoms with Crippen molar-refractivity contribution in [1.82, 2.24) is 0 Å². The first-order chi connectivity index (χ1) is 6.15. The Labute approximate surface area is 84.4 Å². The topological polar surface area (TPSA) is 20.2 Å². The second-order valence-corrected chi connectivity index (χ2v) is 3.70. The minimum Gasteiger partial charge on any atom is -0.393 e. The Morgan fingerprint density at radius 3 is 2.77 bits per heavy atom. The minimum absolute atomic E-state index is 0.253. The monoisotopic (exact) mass is 198 g/mol. The quantitative estimate of drug-likeness (QED) is 0.792. The fourth-order valence-corrected chi connectivity index (χ4v) is 1.47. The van der Waals surface area contributed by atoms with Gasteiger partial charge >= 0.3 is 0 Å². The van der Waals surface area contributed by atoms with E-state index >= 15 is 0 Å². The number of aliphatic hydroxyl groups is 1. The van der Waals surface area contributed by atoms with Gasteiger partial charge in [0.2, 0.25) is 0 Å². The molecule has 0 aliphatic carbocycles. The maximum absolute atomic E-state index is 9.48. The molecule has 13 heavy (non-hydrogen) atoms. The summed E-state index contributed by atoms with van der Waals surface area (Å²) in [4.78, 5) is 0. The highest BCUT2D eigenvalue weighted by molar-refractivity contribution is 6.31. The Morgan fingerprint density at radius 2 is 2.15 bits per heavy atom. The molecule has 0 aliphatic heterocycles. The van der Waals surface area contributed by atoms with E-state index < -0.39 is 0 Å². The number of hydrogen-bond donors (Lipinski definition) is 1. The fraction of sp³-hybridized carbons (Fsp3) is 0.455. The zero-order valence-electron chi connectivity index (χ0n) is 8.05. The van der Waals surface area contributed by atoms with Crippen LogP contribution in [0.2, 0.25) is 5.02 Å². The maximum atomic E-state index is 9.48. The number of benzene rings is 1. The predicted molar refractivity (Wildman–Crippen MR) is 56.2 cm³/mol. The van der Waals surface area contributed by atoms with Crippen LogP contribution in [0.25, 0.3) is 0 Å². The zero-order valence-corrected chi connectivity index (χ0v) is 8.80. The van der Waals surface area contributed by atoms with Crippen LogP contribution >= 0.6 is 11.6 Å². The molecule has 0 saturated heterocycles. The molecular weight excluding hydrogens is 184 g/mol. The van der Waals surface area contributed by atoms with Crippen molar-refractivity contribution in [1.29, 1.82) is 0 Å². The first-order valence-corrected chi connectivity index (χ1v) is 4.95. The van der Waals surface area contributed by atoms with Crippen LogP contribution in [0.15, 0.2) is 18.2 Å². The molecule has 1 rings (SSSR count). The standard InChI is InChI=1S/C11H15ClO/c1-3-10(13)7-9-5-4-6-11(12)8(9)2/h4-6,10,13H,3,7H2,1-2H3. The lowest BCUT2D eigenvalue weighted by Crippen LogP contribution is -2.09. The van der Waals surface area contributed by atoms with E-state index in [4.69, 9.17) is 11.6 Å². The molecule has 0 aliphatic rings. The molecule has 0 fully saturated rings.